The molecule has 0 saturated carbocycles. The van der Waals surface area contributed by atoms with Crippen LogP contribution in [0.1, 0.15) is 13.3 Å². The Labute approximate surface area is 90.0 Å². The third-order valence-electron chi connectivity index (χ3n) is 2.28. The number of nitrogens with zero attached hydrogens (tertiary/aromatic N) is 2. The van der Waals surface area contributed by atoms with Gasteiger partial charge in [0.2, 0.25) is 0 Å². The van der Waals surface area contributed by atoms with E-state index < -0.39 is 23.7 Å². The summed E-state index contributed by atoms with van der Waals surface area (Å²) in [5.41, 5.74) is -1.82. The van der Waals surface area contributed by atoms with E-state index >= 15 is 0 Å². The zero-order chi connectivity index (χ0) is 12.5. The van der Waals surface area contributed by atoms with E-state index in [0.717, 1.165) is 13.1 Å². The van der Waals surface area contributed by atoms with Crippen LogP contribution in [0.2, 0.25) is 0 Å². The molecule has 2 amide bonds. The first kappa shape index (κ1) is 11.8. The molecular weight excluding hydrogens is 220 g/mol. The molecule has 88 valence electrons. The van der Waals surface area contributed by atoms with Crippen molar-refractivity contribution in [1.29, 1.82) is 0 Å². The fourth-order valence-corrected chi connectivity index (χ4v) is 1.40. The molecule has 8 nitrogen and oxygen atoms in total. The van der Waals surface area contributed by atoms with E-state index in [1.165, 1.54) is 6.08 Å². The number of hydrogen-bond donors (Lipinski definition) is 3. The zero-order valence-corrected chi connectivity index (χ0v) is 8.32. The van der Waals surface area contributed by atoms with Crippen molar-refractivity contribution >= 4 is 18.2 Å². The lowest BCUT2D eigenvalue weighted by Crippen LogP contribution is -2.63. The lowest BCUT2D eigenvalue weighted by atomic mass is 9.96. The summed E-state index contributed by atoms with van der Waals surface area (Å²) < 4.78 is 0. The van der Waals surface area contributed by atoms with Crippen molar-refractivity contribution in [2.75, 3.05) is 0 Å². The van der Waals surface area contributed by atoms with Crippen LogP contribution in [0.3, 0.4) is 0 Å². The fraction of sp³-hybridized carbons (Fsp3) is 0.375. The molecule has 0 radical (unpaired) electrons. The molecule has 8 heteroatoms. The maximum absolute atomic E-state index is 11.0. The number of carboxylic acid groups (broad SMARTS) is 3. The van der Waals surface area contributed by atoms with Crippen LogP contribution >= 0.6 is 0 Å². The monoisotopic (exact) mass is 230 g/mol. The number of amides is 2. The van der Waals surface area contributed by atoms with Crippen molar-refractivity contribution in [3.8, 4) is 0 Å². The molecule has 0 aromatic rings. The van der Waals surface area contributed by atoms with E-state index in [-0.39, 0.29) is 11.4 Å². The minimum Gasteiger partial charge on any atom is -0.479 e. The molecule has 1 aliphatic heterocycles. The number of hydrazine groups is 1. The van der Waals surface area contributed by atoms with Gasteiger partial charge in [-0.1, -0.05) is 6.08 Å². The normalized spacial score (nSPS) is 24.3. The van der Waals surface area contributed by atoms with E-state index in [1.54, 1.807) is 0 Å². The Morgan fingerprint density at radius 2 is 1.75 bits per heavy atom. The van der Waals surface area contributed by atoms with Crippen LogP contribution in [0, 0.1) is 0 Å². The van der Waals surface area contributed by atoms with E-state index in [0.29, 0.717) is 5.01 Å². The molecule has 0 saturated heterocycles. The number of aliphatic carboxylic acids is 1. The van der Waals surface area contributed by atoms with Crippen molar-refractivity contribution in [2.24, 2.45) is 0 Å². The van der Waals surface area contributed by atoms with Gasteiger partial charge in [-0.05, 0) is 6.92 Å². The van der Waals surface area contributed by atoms with Crippen molar-refractivity contribution in [1.82, 2.24) is 10.0 Å². The maximum Gasteiger partial charge on any atom is 0.430 e. The first-order chi connectivity index (χ1) is 7.30. The molecule has 1 unspecified atom stereocenters. The van der Waals surface area contributed by atoms with Gasteiger partial charge in [0.1, 0.15) is 0 Å². The van der Waals surface area contributed by atoms with Gasteiger partial charge in [-0.3, -0.25) is 0 Å². The van der Waals surface area contributed by atoms with Crippen LogP contribution in [0.5, 0.6) is 0 Å². The Morgan fingerprint density at radius 3 is 2.12 bits per heavy atom. The van der Waals surface area contributed by atoms with Gasteiger partial charge < -0.3 is 15.3 Å². The van der Waals surface area contributed by atoms with Gasteiger partial charge in [-0.25, -0.2) is 14.4 Å². The maximum atomic E-state index is 11.0. The topological polar surface area (TPSA) is 118 Å². The molecule has 1 rings (SSSR count). The first-order valence-electron chi connectivity index (χ1n) is 4.26. The fourth-order valence-electron chi connectivity index (χ4n) is 1.40. The van der Waals surface area contributed by atoms with Crippen LogP contribution in [-0.2, 0) is 4.79 Å². The summed E-state index contributed by atoms with van der Waals surface area (Å²) in [5.74, 6) is -1.41. The highest BCUT2D eigenvalue weighted by molar-refractivity contribution is 5.85. The zero-order valence-electron chi connectivity index (χ0n) is 8.32. The molecule has 0 bridgehead atoms. The molecule has 16 heavy (non-hydrogen) atoms. The molecule has 0 aromatic carbocycles. The second-order valence-corrected chi connectivity index (χ2v) is 3.39. The lowest BCUT2D eigenvalue weighted by molar-refractivity contribution is -0.157. The Kier molecular flexibility index (Phi) is 2.75. The summed E-state index contributed by atoms with van der Waals surface area (Å²) in [6.07, 6.45) is -1.01. The molecule has 3 N–H and O–H groups in total. The van der Waals surface area contributed by atoms with Gasteiger partial charge in [-0.15, -0.1) is 0 Å². The van der Waals surface area contributed by atoms with Gasteiger partial charge in [0.25, 0.3) is 0 Å². The van der Waals surface area contributed by atoms with Crippen molar-refractivity contribution < 1.29 is 29.7 Å². The van der Waals surface area contributed by atoms with Crippen molar-refractivity contribution in [2.45, 2.75) is 18.9 Å². The Morgan fingerprint density at radius 1 is 1.19 bits per heavy atom. The quantitative estimate of drug-likeness (QED) is 0.607. The van der Waals surface area contributed by atoms with E-state index in [9.17, 15) is 14.4 Å². The highest BCUT2D eigenvalue weighted by Gasteiger charge is 2.48. The number of carboxylic acids is 1. The third kappa shape index (κ3) is 1.64. The Balaban J connectivity index is 3.23. The summed E-state index contributed by atoms with van der Waals surface area (Å²) >= 11 is 0. The van der Waals surface area contributed by atoms with Gasteiger partial charge >= 0.3 is 18.2 Å². The third-order valence-corrected chi connectivity index (χ3v) is 2.28. The summed E-state index contributed by atoms with van der Waals surface area (Å²) in [6.45, 7) is 1.14. The van der Waals surface area contributed by atoms with Crippen LogP contribution in [0.25, 0.3) is 0 Å². The molecule has 1 aliphatic rings. The summed E-state index contributed by atoms with van der Waals surface area (Å²) in [5, 5.41) is 27.2. The largest absolute Gasteiger partial charge is 0.479 e. The van der Waals surface area contributed by atoms with Crippen LogP contribution in [-0.4, -0.2) is 49.0 Å². The van der Waals surface area contributed by atoms with Crippen LogP contribution in [0.4, 0.5) is 9.59 Å². The average molecular weight is 230 g/mol. The molecule has 1 heterocycles. The van der Waals surface area contributed by atoms with Crippen molar-refractivity contribution in [3.63, 3.8) is 0 Å². The second-order valence-electron chi connectivity index (χ2n) is 3.39. The summed E-state index contributed by atoms with van der Waals surface area (Å²) in [7, 11) is 0. The van der Waals surface area contributed by atoms with Gasteiger partial charge in [0, 0.05) is 12.6 Å². The van der Waals surface area contributed by atoms with Gasteiger partial charge in [0.15, 0.2) is 5.54 Å². The first-order valence-corrected chi connectivity index (χ1v) is 4.26. The molecule has 0 spiro atoms. The highest BCUT2D eigenvalue weighted by Crippen LogP contribution is 2.27. The van der Waals surface area contributed by atoms with Crippen LogP contribution in [0.15, 0.2) is 12.3 Å². The van der Waals surface area contributed by atoms with E-state index in [1.807, 2.05) is 0 Å². The lowest BCUT2D eigenvalue weighted by Gasteiger charge is -2.41. The van der Waals surface area contributed by atoms with Crippen molar-refractivity contribution in [3.05, 3.63) is 12.3 Å². The van der Waals surface area contributed by atoms with Crippen LogP contribution < -0.4 is 0 Å². The number of carbonyl (C=O) groups is 3. The standard InChI is InChI=1S/C8H10N2O6/c1-8(5(11)12)3-2-4-9(6(13)14)10(8)7(15)16/h2,4H,3H2,1H3,(H,11,12)(H,13,14)(H,15,16). The molecular formula is C8H10N2O6. The minimum absolute atomic E-state index is 0.0988. The summed E-state index contributed by atoms with van der Waals surface area (Å²) in [4.78, 5) is 32.7. The number of rotatable bonds is 1. The molecule has 0 aliphatic carbocycles. The predicted molar refractivity (Wildman–Crippen MR) is 49.5 cm³/mol. The molecule has 0 aromatic heterocycles. The Bertz CT molecular complexity index is 379. The summed E-state index contributed by atoms with van der Waals surface area (Å²) in [6, 6.07) is 0. The van der Waals surface area contributed by atoms with E-state index in [2.05, 4.69) is 0 Å². The molecule has 1 atom stereocenters. The Hall–Kier alpha value is -2.25. The minimum atomic E-state index is -1.82. The SMILES string of the molecule is CC1(C(=O)O)CC=CN(C(=O)O)N1C(=O)O. The number of hydrogen-bond acceptors (Lipinski definition) is 3. The van der Waals surface area contributed by atoms with Gasteiger partial charge in [0.05, 0.1) is 0 Å². The molecule has 0 fully saturated rings. The highest BCUT2D eigenvalue weighted by atomic mass is 16.4. The average Bonchev–Trinajstić information content (AvgIpc) is 2.16. The smallest absolute Gasteiger partial charge is 0.430 e. The second kappa shape index (κ2) is 3.72. The van der Waals surface area contributed by atoms with Gasteiger partial charge in [-0.2, -0.15) is 10.0 Å². The predicted octanol–water partition coefficient (Wildman–Crippen LogP) is 0.622. The van der Waals surface area contributed by atoms with E-state index in [4.69, 9.17) is 15.3 Å².